The van der Waals surface area contributed by atoms with Gasteiger partial charge in [-0.05, 0) is 38.4 Å². The number of ether oxygens (including phenoxy) is 1. The smallest absolute Gasteiger partial charge is 0.305 e. The van der Waals surface area contributed by atoms with Crippen LogP contribution in [0.1, 0.15) is 51.5 Å². The summed E-state index contributed by atoms with van der Waals surface area (Å²) in [6.45, 7) is 7.79. The molecule has 0 radical (unpaired) electrons. The van der Waals surface area contributed by atoms with Crippen LogP contribution in [0.4, 0.5) is 0 Å². The van der Waals surface area contributed by atoms with Crippen LogP contribution in [0.15, 0.2) is 30.3 Å². The summed E-state index contributed by atoms with van der Waals surface area (Å²) in [7, 11) is 0. The van der Waals surface area contributed by atoms with E-state index in [1.54, 1.807) is 0 Å². The van der Waals surface area contributed by atoms with Gasteiger partial charge in [0.05, 0.1) is 6.61 Å². The maximum Gasteiger partial charge on any atom is 0.305 e. The highest BCUT2D eigenvalue weighted by atomic mass is 16.5. The molecule has 0 aliphatic rings. The molecule has 1 aromatic carbocycles. The molecule has 0 spiro atoms. The average molecular weight is 291 g/mol. The lowest BCUT2D eigenvalue weighted by Crippen LogP contribution is -2.23. The van der Waals surface area contributed by atoms with Gasteiger partial charge >= 0.3 is 5.97 Å². The number of unbranched alkanes of at least 4 members (excludes halogenated alkanes) is 3. The van der Waals surface area contributed by atoms with Gasteiger partial charge in [0.25, 0.3) is 0 Å². The first-order chi connectivity index (χ1) is 10.3. The van der Waals surface area contributed by atoms with E-state index in [0.717, 1.165) is 32.5 Å². The van der Waals surface area contributed by atoms with Crippen molar-refractivity contribution in [3.8, 4) is 0 Å². The summed E-state index contributed by atoms with van der Waals surface area (Å²) in [6.07, 6.45) is 5.01. The number of hydrogen-bond acceptors (Lipinski definition) is 3. The molecular formula is C18H29NO2. The zero-order valence-corrected chi connectivity index (χ0v) is 13.5. The molecule has 3 nitrogen and oxygen atoms in total. The number of hydrogen-bond donors (Lipinski definition) is 0. The third kappa shape index (κ3) is 8.51. The number of nitrogens with zero attached hydrogens (tertiary/aromatic N) is 1. The summed E-state index contributed by atoms with van der Waals surface area (Å²) >= 11 is 0. The highest BCUT2D eigenvalue weighted by molar-refractivity contribution is 5.69. The lowest BCUT2D eigenvalue weighted by atomic mass is 10.1. The second-order valence-corrected chi connectivity index (χ2v) is 5.32. The molecule has 21 heavy (non-hydrogen) atoms. The zero-order chi connectivity index (χ0) is 15.3. The molecule has 0 aliphatic carbocycles. The monoisotopic (exact) mass is 291 g/mol. The Kier molecular flexibility index (Phi) is 9.55. The molecule has 0 fully saturated rings. The quantitative estimate of drug-likeness (QED) is 0.455. The molecule has 0 unspecified atom stereocenters. The van der Waals surface area contributed by atoms with Gasteiger partial charge in [-0.25, -0.2) is 0 Å². The van der Waals surface area contributed by atoms with Gasteiger partial charge in [-0.2, -0.15) is 0 Å². The van der Waals surface area contributed by atoms with Gasteiger partial charge in [0.15, 0.2) is 0 Å². The van der Waals surface area contributed by atoms with E-state index in [-0.39, 0.29) is 5.97 Å². The van der Waals surface area contributed by atoms with Gasteiger partial charge in [-0.3, -0.25) is 9.69 Å². The molecule has 3 heteroatoms. The number of rotatable bonds is 11. The summed E-state index contributed by atoms with van der Waals surface area (Å²) < 4.78 is 4.92. The van der Waals surface area contributed by atoms with Crippen LogP contribution in [-0.4, -0.2) is 30.6 Å². The van der Waals surface area contributed by atoms with Crippen molar-refractivity contribution in [2.75, 3.05) is 19.7 Å². The van der Waals surface area contributed by atoms with Crippen LogP contribution >= 0.6 is 0 Å². The van der Waals surface area contributed by atoms with E-state index < -0.39 is 0 Å². The predicted octanol–water partition coefficient (Wildman–Crippen LogP) is 4.02. The Morgan fingerprint density at radius 2 is 1.76 bits per heavy atom. The van der Waals surface area contributed by atoms with Crippen LogP contribution in [0.25, 0.3) is 0 Å². The zero-order valence-electron chi connectivity index (χ0n) is 13.5. The predicted molar refractivity (Wildman–Crippen MR) is 87.1 cm³/mol. The van der Waals surface area contributed by atoms with E-state index in [9.17, 15) is 4.79 Å². The first-order valence-electron chi connectivity index (χ1n) is 8.18. The number of benzene rings is 1. The van der Waals surface area contributed by atoms with Crippen LogP contribution < -0.4 is 0 Å². The molecule has 0 aliphatic heterocycles. The van der Waals surface area contributed by atoms with Crippen LogP contribution in [0.2, 0.25) is 0 Å². The minimum Gasteiger partial charge on any atom is -0.466 e. The van der Waals surface area contributed by atoms with Crippen molar-refractivity contribution in [2.45, 2.75) is 52.5 Å². The molecular weight excluding hydrogens is 262 g/mol. The van der Waals surface area contributed by atoms with Crippen molar-refractivity contribution in [1.82, 2.24) is 4.90 Å². The highest BCUT2D eigenvalue weighted by Gasteiger charge is 2.04. The van der Waals surface area contributed by atoms with Gasteiger partial charge in [-0.15, -0.1) is 0 Å². The van der Waals surface area contributed by atoms with Gasteiger partial charge in [-0.1, -0.05) is 50.1 Å². The Hall–Kier alpha value is -1.35. The Bertz CT molecular complexity index is 378. The van der Waals surface area contributed by atoms with Gasteiger partial charge < -0.3 is 4.74 Å². The number of esters is 1. The molecule has 0 amide bonds. The van der Waals surface area contributed by atoms with Crippen molar-refractivity contribution in [2.24, 2.45) is 0 Å². The second kappa shape index (κ2) is 11.3. The van der Waals surface area contributed by atoms with Crippen molar-refractivity contribution in [3.05, 3.63) is 35.9 Å². The number of carbonyl (C=O) groups is 1. The normalized spacial score (nSPS) is 10.8. The van der Waals surface area contributed by atoms with E-state index in [1.165, 1.54) is 18.4 Å². The van der Waals surface area contributed by atoms with Gasteiger partial charge in [0.1, 0.15) is 0 Å². The Morgan fingerprint density at radius 1 is 1.05 bits per heavy atom. The molecule has 0 saturated carbocycles. The van der Waals surface area contributed by atoms with Crippen molar-refractivity contribution < 1.29 is 9.53 Å². The minimum absolute atomic E-state index is 0.0586. The Balaban J connectivity index is 2.08. The molecule has 118 valence electrons. The van der Waals surface area contributed by atoms with E-state index in [1.807, 2.05) is 6.92 Å². The maximum absolute atomic E-state index is 11.2. The Labute approximate surface area is 129 Å². The lowest BCUT2D eigenvalue weighted by molar-refractivity contribution is -0.143. The molecule has 0 bridgehead atoms. The molecule has 1 aromatic rings. The molecule has 0 saturated heterocycles. The van der Waals surface area contributed by atoms with E-state index in [2.05, 4.69) is 42.2 Å². The third-order valence-electron chi connectivity index (χ3n) is 3.61. The van der Waals surface area contributed by atoms with E-state index >= 15 is 0 Å². The van der Waals surface area contributed by atoms with Gasteiger partial charge in [0, 0.05) is 13.0 Å². The number of carbonyl (C=O) groups excluding carboxylic acids is 1. The minimum atomic E-state index is -0.0586. The van der Waals surface area contributed by atoms with E-state index in [0.29, 0.717) is 13.0 Å². The molecule has 0 heterocycles. The van der Waals surface area contributed by atoms with Crippen LogP contribution in [0.3, 0.4) is 0 Å². The van der Waals surface area contributed by atoms with Crippen LogP contribution in [0, 0.1) is 0 Å². The first-order valence-corrected chi connectivity index (χ1v) is 8.18. The summed E-state index contributed by atoms with van der Waals surface area (Å²) in [5.74, 6) is -0.0586. The first kappa shape index (κ1) is 17.7. The fraction of sp³-hybridized carbons (Fsp3) is 0.611. The maximum atomic E-state index is 11.2. The highest BCUT2D eigenvalue weighted by Crippen LogP contribution is 2.08. The molecule has 0 N–H and O–H groups in total. The lowest BCUT2D eigenvalue weighted by Gasteiger charge is -2.20. The SMILES string of the molecule is CCOC(=O)CCCCCCN(CC)Cc1ccccc1. The molecule has 1 rings (SSSR count). The van der Waals surface area contributed by atoms with Gasteiger partial charge in [0.2, 0.25) is 0 Å². The fourth-order valence-corrected chi connectivity index (χ4v) is 2.38. The summed E-state index contributed by atoms with van der Waals surface area (Å²) in [5, 5.41) is 0. The fourth-order valence-electron chi connectivity index (χ4n) is 2.38. The standard InChI is InChI=1S/C18H29NO2/c1-3-19(16-17-12-8-7-9-13-17)15-11-6-5-10-14-18(20)21-4-2/h7-9,12-13H,3-6,10-11,14-16H2,1-2H3. The van der Waals surface area contributed by atoms with E-state index in [4.69, 9.17) is 4.74 Å². The average Bonchev–Trinajstić information content (AvgIpc) is 2.50. The van der Waals surface area contributed by atoms with Crippen molar-refractivity contribution >= 4 is 5.97 Å². The summed E-state index contributed by atoms with van der Waals surface area (Å²) in [4.78, 5) is 13.7. The largest absolute Gasteiger partial charge is 0.466 e. The third-order valence-corrected chi connectivity index (χ3v) is 3.61. The summed E-state index contributed by atoms with van der Waals surface area (Å²) in [6, 6.07) is 10.6. The molecule has 0 atom stereocenters. The molecule has 0 aromatic heterocycles. The van der Waals surface area contributed by atoms with Crippen LogP contribution in [-0.2, 0) is 16.1 Å². The van der Waals surface area contributed by atoms with Crippen LogP contribution in [0.5, 0.6) is 0 Å². The topological polar surface area (TPSA) is 29.5 Å². The Morgan fingerprint density at radius 3 is 2.43 bits per heavy atom. The van der Waals surface area contributed by atoms with Crippen molar-refractivity contribution in [3.63, 3.8) is 0 Å². The second-order valence-electron chi connectivity index (χ2n) is 5.32. The van der Waals surface area contributed by atoms with Crippen molar-refractivity contribution in [1.29, 1.82) is 0 Å². The summed E-state index contributed by atoms with van der Waals surface area (Å²) in [5.41, 5.74) is 1.38.